The summed E-state index contributed by atoms with van der Waals surface area (Å²) in [5, 5.41) is 4.05. The Morgan fingerprint density at radius 2 is 1.94 bits per heavy atom. The van der Waals surface area contributed by atoms with E-state index in [-0.39, 0.29) is 0 Å². The maximum absolute atomic E-state index is 5.83. The molecule has 0 saturated carbocycles. The van der Waals surface area contributed by atoms with E-state index in [1.54, 1.807) is 7.11 Å². The maximum Gasteiger partial charge on any atom is 0.225 e. The molecule has 0 aliphatic heterocycles. The number of benzene rings is 1. The third kappa shape index (κ3) is 2.47. The number of ether oxygens (including phenoxy) is 1. The van der Waals surface area contributed by atoms with Gasteiger partial charge in [-0.1, -0.05) is 19.0 Å². The van der Waals surface area contributed by atoms with Crippen LogP contribution in [0.4, 0.5) is 5.88 Å². The summed E-state index contributed by atoms with van der Waals surface area (Å²) in [6.07, 6.45) is 0.858. The Labute approximate surface area is 107 Å². The molecule has 2 aromatic rings. The minimum atomic E-state index is 0.412. The highest BCUT2D eigenvalue weighted by molar-refractivity contribution is 5.67. The molecule has 2 rings (SSSR count). The van der Waals surface area contributed by atoms with Gasteiger partial charge in [0.2, 0.25) is 5.88 Å². The normalized spacial score (nSPS) is 10.9. The minimum Gasteiger partial charge on any atom is -0.497 e. The molecule has 1 aromatic heterocycles. The summed E-state index contributed by atoms with van der Waals surface area (Å²) >= 11 is 0. The van der Waals surface area contributed by atoms with Gasteiger partial charge in [0.15, 0.2) is 0 Å². The lowest BCUT2D eigenvalue weighted by Crippen LogP contribution is -1.98. The third-order valence-corrected chi connectivity index (χ3v) is 2.79. The van der Waals surface area contributed by atoms with Crippen molar-refractivity contribution in [2.24, 2.45) is 5.92 Å². The fourth-order valence-corrected chi connectivity index (χ4v) is 1.90. The zero-order valence-corrected chi connectivity index (χ0v) is 10.9. The van der Waals surface area contributed by atoms with Crippen molar-refractivity contribution in [1.82, 2.24) is 5.16 Å². The number of nitrogens with zero attached hydrogens (tertiary/aromatic N) is 1. The Morgan fingerprint density at radius 3 is 2.50 bits per heavy atom. The molecule has 18 heavy (non-hydrogen) atoms. The van der Waals surface area contributed by atoms with Crippen molar-refractivity contribution in [1.29, 1.82) is 0 Å². The van der Waals surface area contributed by atoms with Gasteiger partial charge in [-0.15, -0.1) is 0 Å². The molecule has 4 nitrogen and oxygen atoms in total. The summed E-state index contributed by atoms with van der Waals surface area (Å²) in [5.74, 6) is 1.74. The van der Waals surface area contributed by atoms with Gasteiger partial charge in [-0.05, 0) is 36.6 Å². The van der Waals surface area contributed by atoms with E-state index in [4.69, 9.17) is 15.0 Å². The van der Waals surface area contributed by atoms with Crippen LogP contribution < -0.4 is 10.5 Å². The van der Waals surface area contributed by atoms with Gasteiger partial charge >= 0.3 is 0 Å². The smallest absolute Gasteiger partial charge is 0.225 e. The first-order chi connectivity index (χ1) is 8.61. The molecule has 0 radical (unpaired) electrons. The van der Waals surface area contributed by atoms with Crippen molar-refractivity contribution >= 4 is 5.88 Å². The number of nitrogens with two attached hydrogens (primary N) is 1. The van der Waals surface area contributed by atoms with Gasteiger partial charge in [-0.3, -0.25) is 0 Å². The number of aromatic nitrogens is 1. The molecule has 4 heteroatoms. The van der Waals surface area contributed by atoms with Gasteiger partial charge < -0.3 is 15.0 Å². The van der Waals surface area contributed by atoms with Gasteiger partial charge in [0.25, 0.3) is 0 Å². The molecule has 0 bridgehead atoms. The lowest BCUT2D eigenvalue weighted by atomic mass is 9.99. The average molecular weight is 246 g/mol. The molecular formula is C14H18N2O2. The maximum atomic E-state index is 5.83. The minimum absolute atomic E-state index is 0.412. The van der Waals surface area contributed by atoms with E-state index in [1.165, 1.54) is 0 Å². The zero-order valence-electron chi connectivity index (χ0n) is 10.9. The monoisotopic (exact) mass is 246 g/mol. The van der Waals surface area contributed by atoms with E-state index in [0.717, 1.165) is 29.0 Å². The van der Waals surface area contributed by atoms with E-state index < -0.39 is 0 Å². The molecule has 0 spiro atoms. The summed E-state index contributed by atoms with van der Waals surface area (Å²) in [6.45, 7) is 4.29. The largest absolute Gasteiger partial charge is 0.497 e. The Balaban J connectivity index is 2.37. The number of rotatable bonds is 4. The van der Waals surface area contributed by atoms with Crippen LogP contribution in [-0.2, 0) is 6.42 Å². The topological polar surface area (TPSA) is 61.3 Å². The second kappa shape index (κ2) is 5.12. The molecule has 0 fully saturated rings. The number of hydrogen-bond acceptors (Lipinski definition) is 4. The molecular weight excluding hydrogens is 228 g/mol. The molecule has 2 N–H and O–H groups in total. The standard InChI is InChI=1S/C14H18N2O2/c1-9(2)8-12-13(16-18-14(12)15)10-4-6-11(17-3)7-5-10/h4-7,9H,8,15H2,1-3H3. The Bertz CT molecular complexity index is 515. The molecule has 0 unspecified atom stereocenters. The lowest BCUT2D eigenvalue weighted by Gasteiger charge is -2.06. The predicted octanol–water partition coefficient (Wildman–Crippen LogP) is 3.13. The number of methoxy groups -OCH3 is 1. The van der Waals surface area contributed by atoms with Crippen LogP contribution in [0.1, 0.15) is 19.4 Å². The summed E-state index contributed by atoms with van der Waals surface area (Å²) in [5.41, 5.74) is 8.63. The quantitative estimate of drug-likeness (QED) is 0.900. The second-order valence-corrected chi connectivity index (χ2v) is 4.70. The van der Waals surface area contributed by atoms with Crippen LogP contribution >= 0.6 is 0 Å². The van der Waals surface area contributed by atoms with Crippen molar-refractivity contribution in [3.8, 4) is 17.0 Å². The van der Waals surface area contributed by atoms with E-state index in [2.05, 4.69) is 19.0 Å². The van der Waals surface area contributed by atoms with E-state index >= 15 is 0 Å². The van der Waals surface area contributed by atoms with Crippen molar-refractivity contribution in [3.05, 3.63) is 29.8 Å². The molecule has 96 valence electrons. The van der Waals surface area contributed by atoms with Crippen LogP contribution in [-0.4, -0.2) is 12.3 Å². The van der Waals surface area contributed by atoms with Crippen LogP contribution in [0.2, 0.25) is 0 Å². The molecule has 1 heterocycles. The van der Waals surface area contributed by atoms with E-state index in [9.17, 15) is 0 Å². The Morgan fingerprint density at radius 1 is 1.28 bits per heavy atom. The zero-order chi connectivity index (χ0) is 13.1. The van der Waals surface area contributed by atoms with Gasteiger partial charge in [0.05, 0.1) is 7.11 Å². The predicted molar refractivity (Wildman–Crippen MR) is 71.4 cm³/mol. The first-order valence-corrected chi connectivity index (χ1v) is 6.00. The molecule has 0 aliphatic carbocycles. The van der Waals surface area contributed by atoms with Gasteiger partial charge in [-0.25, -0.2) is 0 Å². The average Bonchev–Trinajstić information content (AvgIpc) is 2.71. The Kier molecular flexibility index (Phi) is 3.55. The summed E-state index contributed by atoms with van der Waals surface area (Å²) in [6, 6.07) is 7.72. The summed E-state index contributed by atoms with van der Waals surface area (Å²) in [7, 11) is 1.65. The summed E-state index contributed by atoms with van der Waals surface area (Å²) in [4.78, 5) is 0. The second-order valence-electron chi connectivity index (χ2n) is 4.70. The first-order valence-electron chi connectivity index (χ1n) is 6.00. The molecule has 1 aromatic carbocycles. The van der Waals surface area contributed by atoms with Gasteiger partial charge in [-0.2, -0.15) is 0 Å². The third-order valence-electron chi connectivity index (χ3n) is 2.79. The SMILES string of the molecule is COc1ccc(-c2noc(N)c2CC(C)C)cc1. The fourth-order valence-electron chi connectivity index (χ4n) is 1.90. The van der Waals surface area contributed by atoms with Gasteiger partial charge in [0, 0.05) is 11.1 Å². The molecule has 0 aliphatic rings. The van der Waals surface area contributed by atoms with Gasteiger partial charge in [0.1, 0.15) is 11.4 Å². The van der Waals surface area contributed by atoms with E-state index in [1.807, 2.05) is 24.3 Å². The highest BCUT2D eigenvalue weighted by Crippen LogP contribution is 2.30. The van der Waals surface area contributed by atoms with Crippen LogP contribution in [0.3, 0.4) is 0 Å². The van der Waals surface area contributed by atoms with Crippen molar-refractivity contribution < 1.29 is 9.26 Å². The number of anilines is 1. The molecule has 0 amide bonds. The summed E-state index contributed by atoms with van der Waals surface area (Å²) < 4.78 is 10.2. The highest BCUT2D eigenvalue weighted by Gasteiger charge is 2.16. The Hall–Kier alpha value is -1.97. The number of nitrogen functional groups attached to an aromatic ring is 1. The van der Waals surface area contributed by atoms with Crippen molar-refractivity contribution in [2.45, 2.75) is 20.3 Å². The van der Waals surface area contributed by atoms with Crippen molar-refractivity contribution in [2.75, 3.05) is 12.8 Å². The van der Waals surface area contributed by atoms with E-state index in [0.29, 0.717) is 11.8 Å². The van der Waals surface area contributed by atoms with Crippen LogP contribution in [0, 0.1) is 5.92 Å². The molecule has 0 atom stereocenters. The van der Waals surface area contributed by atoms with Crippen LogP contribution in [0.15, 0.2) is 28.8 Å². The van der Waals surface area contributed by atoms with Crippen LogP contribution in [0.25, 0.3) is 11.3 Å². The van der Waals surface area contributed by atoms with Crippen LogP contribution in [0.5, 0.6) is 5.75 Å². The number of hydrogen-bond donors (Lipinski definition) is 1. The lowest BCUT2D eigenvalue weighted by molar-refractivity contribution is 0.415. The molecule has 0 saturated heterocycles. The first kappa shape index (κ1) is 12.5. The highest BCUT2D eigenvalue weighted by atomic mass is 16.5. The van der Waals surface area contributed by atoms with Crippen molar-refractivity contribution in [3.63, 3.8) is 0 Å². The fraction of sp³-hybridized carbons (Fsp3) is 0.357.